The molecule has 0 spiro atoms. The van der Waals surface area contributed by atoms with E-state index in [4.69, 9.17) is 10.00 Å². The summed E-state index contributed by atoms with van der Waals surface area (Å²) in [6.45, 7) is 5.79. The first kappa shape index (κ1) is 16.3. The summed E-state index contributed by atoms with van der Waals surface area (Å²) in [5.74, 6) is 0.868. The van der Waals surface area contributed by atoms with Gasteiger partial charge in [-0.15, -0.1) is 0 Å². The van der Waals surface area contributed by atoms with Crippen molar-refractivity contribution in [3.8, 4) is 11.8 Å². The number of rotatable bonds is 6. The minimum Gasteiger partial charge on any atom is -0.492 e. The maximum atomic E-state index is 8.67. The van der Waals surface area contributed by atoms with Gasteiger partial charge >= 0.3 is 0 Å². The van der Waals surface area contributed by atoms with Crippen LogP contribution in [0.25, 0.3) is 0 Å². The van der Waals surface area contributed by atoms with Crippen LogP contribution in [0.15, 0.2) is 48.8 Å². The number of hydrogen-bond donors (Lipinski definition) is 0. The second-order valence-corrected chi connectivity index (χ2v) is 5.86. The highest BCUT2D eigenvalue weighted by Gasteiger charge is 2.16. The fourth-order valence-corrected chi connectivity index (χ4v) is 2.87. The summed E-state index contributed by atoms with van der Waals surface area (Å²) in [6.07, 6.45) is 4.14. The number of benzene rings is 1. The summed E-state index contributed by atoms with van der Waals surface area (Å²) in [6, 6.07) is 14.1. The highest BCUT2D eigenvalue weighted by atomic mass is 16.5. The van der Waals surface area contributed by atoms with Gasteiger partial charge < -0.3 is 9.64 Å². The third-order valence-corrected chi connectivity index (χ3v) is 4.28. The lowest BCUT2D eigenvalue weighted by atomic mass is 10.2. The van der Waals surface area contributed by atoms with Crippen molar-refractivity contribution in [2.75, 3.05) is 44.2 Å². The Morgan fingerprint density at radius 2 is 1.71 bits per heavy atom. The van der Waals surface area contributed by atoms with Crippen LogP contribution in [0.4, 0.5) is 5.69 Å². The van der Waals surface area contributed by atoms with Crippen LogP contribution < -0.4 is 9.64 Å². The van der Waals surface area contributed by atoms with Gasteiger partial charge in [0.2, 0.25) is 0 Å². The Bertz CT molecular complexity index is 658. The summed E-state index contributed by atoms with van der Waals surface area (Å²) in [5.41, 5.74) is 2.27. The molecular formula is C19H22N4O. The molecular weight excluding hydrogens is 300 g/mol. The molecule has 124 valence electrons. The van der Waals surface area contributed by atoms with Crippen molar-refractivity contribution < 1.29 is 4.74 Å². The van der Waals surface area contributed by atoms with Crippen molar-refractivity contribution in [3.63, 3.8) is 0 Å². The zero-order valence-electron chi connectivity index (χ0n) is 13.8. The van der Waals surface area contributed by atoms with Crippen LogP contribution in [0.3, 0.4) is 0 Å². The molecule has 24 heavy (non-hydrogen) atoms. The predicted molar refractivity (Wildman–Crippen MR) is 94.1 cm³/mol. The maximum absolute atomic E-state index is 8.67. The van der Waals surface area contributed by atoms with Crippen LogP contribution in [0.5, 0.6) is 5.75 Å². The van der Waals surface area contributed by atoms with Gasteiger partial charge in [0, 0.05) is 50.8 Å². The summed E-state index contributed by atoms with van der Waals surface area (Å²) >= 11 is 0. The lowest BCUT2D eigenvalue weighted by molar-refractivity contribution is 0.200. The first-order chi connectivity index (χ1) is 11.8. The molecule has 5 nitrogen and oxygen atoms in total. The number of aromatic nitrogens is 1. The van der Waals surface area contributed by atoms with E-state index in [1.807, 2.05) is 36.7 Å². The van der Waals surface area contributed by atoms with Crippen molar-refractivity contribution in [2.45, 2.75) is 6.42 Å². The van der Waals surface area contributed by atoms with Gasteiger partial charge in [0.05, 0.1) is 12.5 Å². The molecule has 2 aromatic rings. The van der Waals surface area contributed by atoms with Crippen molar-refractivity contribution in [3.05, 3.63) is 54.4 Å². The SMILES string of the molecule is N#CCc1ccc(OCCN2CCN(c3ccncc3)CC2)cc1. The molecule has 1 aromatic heterocycles. The van der Waals surface area contributed by atoms with Gasteiger partial charge in [0.15, 0.2) is 0 Å². The average Bonchev–Trinajstić information content (AvgIpc) is 2.65. The highest BCUT2D eigenvalue weighted by molar-refractivity contribution is 5.44. The second-order valence-electron chi connectivity index (χ2n) is 5.86. The Kier molecular flexibility index (Phi) is 5.65. The van der Waals surface area contributed by atoms with Crippen molar-refractivity contribution in [1.29, 1.82) is 5.26 Å². The van der Waals surface area contributed by atoms with Gasteiger partial charge in [-0.1, -0.05) is 12.1 Å². The standard InChI is InChI=1S/C19H22N4O/c20-8-5-17-1-3-19(4-2-17)24-16-15-22-11-13-23(14-12-22)18-6-9-21-10-7-18/h1-4,6-7,9-10H,5,11-16H2. The molecule has 1 saturated heterocycles. The van der Waals surface area contributed by atoms with Gasteiger partial charge in [-0.2, -0.15) is 5.26 Å². The summed E-state index contributed by atoms with van der Waals surface area (Å²) in [5, 5.41) is 8.67. The summed E-state index contributed by atoms with van der Waals surface area (Å²) in [4.78, 5) is 8.90. The summed E-state index contributed by atoms with van der Waals surface area (Å²) in [7, 11) is 0. The number of piperazine rings is 1. The van der Waals surface area contributed by atoms with Gasteiger partial charge in [-0.25, -0.2) is 0 Å². The van der Waals surface area contributed by atoms with E-state index < -0.39 is 0 Å². The lowest BCUT2D eigenvalue weighted by Crippen LogP contribution is -2.47. The molecule has 0 amide bonds. The number of hydrogen-bond acceptors (Lipinski definition) is 5. The van der Waals surface area contributed by atoms with Gasteiger partial charge in [-0.05, 0) is 29.8 Å². The zero-order valence-corrected chi connectivity index (χ0v) is 13.8. The van der Waals surface area contributed by atoms with Crippen molar-refractivity contribution in [2.24, 2.45) is 0 Å². The van der Waals surface area contributed by atoms with Crippen molar-refractivity contribution in [1.82, 2.24) is 9.88 Å². The van der Waals surface area contributed by atoms with Crippen LogP contribution in [0, 0.1) is 11.3 Å². The Morgan fingerprint density at radius 3 is 2.38 bits per heavy atom. The molecule has 0 saturated carbocycles. The molecule has 1 fully saturated rings. The Morgan fingerprint density at radius 1 is 1.00 bits per heavy atom. The first-order valence-corrected chi connectivity index (χ1v) is 8.31. The smallest absolute Gasteiger partial charge is 0.119 e. The van der Waals surface area contributed by atoms with E-state index in [1.165, 1.54) is 5.69 Å². The predicted octanol–water partition coefficient (Wildman–Crippen LogP) is 2.35. The third kappa shape index (κ3) is 4.46. The molecule has 0 radical (unpaired) electrons. The average molecular weight is 322 g/mol. The molecule has 0 N–H and O–H groups in total. The Labute approximate surface area is 143 Å². The number of nitrogens with zero attached hydrogens (tertiary/aromatic N) is 4. The minimum absolute atomic E-state index is 0.446. The van der Waals surface area contributed by atoms with Crippen LogP contribution in [0.2, 0.25) is 0 Å². The van der Waals surface area contributed by atoms with E-state index in [1.54, 1.807) is 0 Å². The summed E-state index contributed by atoms with van der Waals surface area (Å²) < 4.78 is 5.81. The van der Waals surface area contributed by atoms with Crippen LogP contribution in [-0.4, -0.2) is 49.2 Å². The normalized spacial score (nSPS) is 15.0. The van der Waals surface area contributed by atoms with E-state index in [-0.39, 0.29) is 0 Å². The van der Waals surface area contributed by atoms with E-state index in [2.05, 4.69) is 33.0 Å². The number of nitriles is 1. The van der Waals surface area contributed by atoms with Crippen molar-refractivity contribution >= 4 is 5.69 Å². The van der Waals surface area contributed by atoms with Gasteiger partial charge in [-0.3, -0.25) is 9.88 Å². The highest BCUT2D eigenvalue weighted by Crippen LogP contribution is 2.15. The van der Waals surface area contributed by atoms with Gasteiger partial charge in [0.25, 0.3) is 0 Å². The molecule has 0 aliphatic carbocycles. The number of pyridine rings is 1. The molecule has 1 aromatic carbocycles. The molecule has 3 rings (SSSR count). The lowest BCUT2D eigenvalue weighted by Gasteiger charge is -2.35. The quantitative estimate of drug-likeness (QED) is 0.817. The van der Waals surface area contributed by atoms with Gasteiger partial charge in [0.1, 0.15) is 12.4 Å². The van der Waals surface area contributed by atoms with E-state index >= 15 is 0 Å². The first-order valence-electron chi connectivity index (χ1n) is 8.31. The Hall–Kier alpha value is -2.58. The zero-order chi connectivity index (χ0) is 16.6. The Balaban J connectivity index is 1.38. The number of anilines is 1. The molecule has 0 bridgehead atoms. The fourth-order valence-electron chi connectivity index (χ4n) is 2.87. The molecule has 1 aliphatic rings. The minimum atomic E-state index is 0.446. The number of ether oxygens (including phenoxy) is 1. The molecule has 0 atom stereocenters. The fraction of sp³-hybridized carbons (Fsp3) is 0.368. The second kappa shape index (κ2) is 8.32. The van der Waals surface area contributed by atoms with Crippen LogP contribution in [0.1, 0.15) is 5.56 Å². The topological polar surface area (TPSA) is 52.4 Å². The van der Waals surface area contributed by atoms with Crippen LogP contribution in [-0.2, 0) is 6.42 Å². The molecule has 2 heterocycles. The largest absolute Gasteiger partial charge is 0.492 e. The third-order valence-electron chi connectivity index (χ3n) is 4.28. The molecule has 5 heteroatoms. The maximum Gasteiger partial charge on any atom is 0.119 e. The van der Waals surface area contributed by atoms with E-state index in [9.17, 15) is 0 Å². The molecule has 1 aliphatic heterocycles. The van der Waals surface area contributed by atoms with Crippen LogP contribution >= 0.6 is 0 Å². The van der Waals surface area contributed by atoms with E-state index in [0.717, 1.165) is 44.0 Å². The molecule has 0 unspecified atom stereocenters. The van der Waals surface area contributed by atoms with E-state index in [0.29, 0.717) is 13.0 Å². The monoisotopic (exact) mass is 322 g/mol.